The molecular weight excluding hydrogens is 474 g/mol. The number of ether oxygens (including phenoxy) is 3. The van der Waals surface area contributed by atoms with E-state index in [0.717, 1.165) is 57.0 Å². The van der Waals surface area contributed by atoms with Gasteiger partial charge >= 0.3 is 12.1 Å². The van der Waals surface area contributed by atoms with Crippen molar-refractivity contribution in [3.05, 3.63) is 48.5 Å². The normalized spacial score (nSPS) is 17.8. The molecule has 0 aromatic heterocycles. The molecule has 0 radical (unpaired) electrons. The van der Waals surface area contributed by atoms with Crippen molar-refractivity contribution in [1.29, 1.82) is 0 Å². The Balaban J connectivity index is 1.15. The Morgan fingerprint density at radius 3 is 2.68 bits per heavy atom. The fraction of sp³-hybridized carbons (Fsp3) is 0.481. The number of hydrogen-bond donors (Lipinski definition) is 3. The summed E-state index contributed by atoms with van der Waals surface area (Å²) >= 11 is 0. The van der Waals surface area contributed by atoms with Crippen molar-refractivity contribution in [3.63, 3.8) is 0 Å². The first-order valence-electron chi connectivity index (χ1n) is 13.0. The van der Waals surface area contributed by atoms with Crippen LogP contribution in [0.15, 0.2) is 48.5 Å². The van der Waals surface area contributed by atoms with E-state index >= 15 is 0 Å². The molecule has 1 unspecified atom stereocenters. The minimum absolute atomic E-state index is 0.116. The van der Waals surface area contributed by atoms with Gasteiger partial charge in [0.05, 0.1) is 18.4 Å². The summed E-state index contributed by atoms with van der Waals surface area (Å²) in [4.78, 5) is 29.0. The Morgan fingerprint density at radius 1 is 1.05 bits per heavy atom. The topological polar surface area (TPSA) is 104 Å². The predicted octanol–water partition coefficient (Wildman–Crippen LogP) is 3.76. The van der Waals surface area contributed by atoms with Crippen LogP contribution in [0.4, 0.5) is 26.7 Å². The van der Waals surface area contributed by atoms with Crippen molar-refractivity contribution in [2.24, 2.45) is 0 Å². The summed E-state index contributed by atoms with van der Waals surface area (Å²) in [5, 5.41) is 8.55. The summed E-state index contributed by atoms with van der Waals surface area (Å²) in [5.41, 5.74) is 2.43. The molecule has 0 aliphatic carbocycles. The molecular formula is C27H37N5O5. The lowest BCUT2D eigenvalue weighted by atomic mass is 10.2. The Kier molecular flexibility index (Phi) is 9.84. The van der Waals surface area contributed by atoms with Crippen LogP contribution in [0.5, 0.6) is 5.75 Å². The molecule has 2 heterocycles. The van der Waals surface area contributed by atoms with E-state index in [1.54, 1.807) is 6.07 Å². The molecule has 2 aliphatic rings. The summed E-state index contributed by atoms with van der Waals surface area (Å²) in [6, 6.07) is 15.0. The Morgan fingerprint density at radius 2 is 1.89 bits per heavy atom. The van der Waals surface area contributed by atoms with E-state index in [-0.39, 0.29) is 12.1 Å². The van der Waals surface area contributed by atoms with Crippen LogP contribution in [-0.2, 0) is 9.47 Å². The van der Waals surface area contributed by atoms with Crippen LogP contribution >= 0.6 is 0 Å². The first-order chi connectivity index (χ1) is 18.1. The Labute approximate surface area is 218 Å². The molecule has 2 aromatic carbocycles. The van der Waals surface area contributed by atoms with Crippen molar-refractivity contribution >= 4 is 29.2 Å². The number of anilines is 3. The fourth-order valence-electron chi connectivity index (χ4n) is 4.46. The molecule has 0 spiro atoms. The van der Waals surface area contributed by atoms with Crippen LogP contribution in [0, 0.1) is 0 Å². The van der Waals surface area contributed by atoms with Crippen molar-refractivity contribution in [3.8, 4) is 5.75 Å². The number of rotatable bonds is 10. The molecule has 200 valence electrons. The molecule has 3 amide bonds. The highest BCUT2D eigenvalue weighted by molar-refractivity contribution is 5.90. The van der Waals surface area contributed by atoms with Crippen LogP contribution < -0.4 is 25.6 Å². The molecule has 37 heavy (non-hydrogen) atoms. The van der Waals surface area contributed by atoms with E-state index in [9.17, 15) is 9.59 Å². The molecule has 2 aromatic rings. The number of hydrogen-bond acceptors (Lipinski definition) is 7. The van der Waals surface area contributed by atoms with Crippen LogP contribution in [0.3, 0.4) is 0 Å². The second-order valence-corrected chi connectivity index (χ2v) is 9.04. The number of carbonyl (C=O) groups excluding carboxylic acids is 2. The molecule has 4 rings (SSSR count). The van der Waals surface area contributed by atoms with Crippen molar-refractivity contribution in [2.75, 3.05) is 74.6 Å². The second kappa shape index (κ2) is 13.7. The van der Waals surface area contributed by atoms with E-state index in [2.05, 4.69) is 31.8 Å². The van der Waals surface area contributed by atoms with Crippen LogP contribution in [-0.4, -0.2) is 82.2 Å². The average Bonchev–Trinajstić information content (AvgIpc) is 3.43. The summed E-state index contributed by atoms with van der Waals surface area (Å²) < 4.78 is 16.5. The molecule has 2 fully saturated rings. The fourth-order valence-corrected chi connectivity index (χ4v) is 4.46. The standard InChI is InChI=1S/C27H37N5O5/c1-2-35-25-11-4-3-10-24(25)30-27(34)37-18-16-31-12-14-32(15-13-31)22-8-5-7-21(19-22)29-26(33)28-20-23-9-6-17-36-23/h3-5,7-8,10-11,19,23H,2,6,9,12-18,20H2,1H3,(H,30,34)(H2,28,29,33). The molecule has 1 atom stereocenters. The highest BCUT2D eigenvalue weighted by atomic mass is 16.5. The van der Waals surface area contributed by atoms with Gasteiger partial charge in [0.2, 0.25) is 0 Å². The molecule has 3 N–H and O–H groups in total. The van der Waals surface area contributed by atoms with E-state index in [4.69, 9.17) is 14.2 Å². The highest BCUT2D eigenvalue weighted by Gasteiger charge is 2.19. The van der Waals surface area contributed by atoms with Crippen molar-refractivity contribution in [2.45, 2.75) is 25.9 Å². The predicted molar refractivity (Wildman–Crippen MR) is 144 cm³/mol. The van der Waals surface area contributed by atoms with Gasteiger partial charge in [-0.05, 0) is 50.1 Å². The lowest BCUT2D eigenvalue weighted by Crippen LogP contribution is -2.47. The third-order valence-electron chi connectivity index (χ3n) is 6.42. The monoisotopic (exact) mass is 511 g/mol. The van der Waals surface area contributed by atoms with Gasteiger partial charge in [0.1, 0.15) is 12.4 Å². The zero-order valence-corrected chi connectivity index (χ0v) is 21.4. The number of nitrogens with one attached hydrogen (secondary N) is 3. The van der Waals surface area contributed by atoms with Gasteiger partial charge in [-0.1, -0.05) is 18.2 Å². The first-order valence-corrected chi connectivity index (χ1v) is 13.0. The van der Waals surface area contributed by atoms with Gasteiger partial charge in [0.15, 0.2) is 0 Å². The minimum atomic E-state index is -0.491. The van der Waals surface area contributed by atoms with E-state index < -0.39 is 6.09 Å². The SMILES string of the molecule is CCOc1ccccc1NC(=O)OCCN1CCN(c2cccc(NC(=O)NCC3CCCO3)c2)CC1. The highest BCUT2D eigenvalue weighted by Crippen LogP contribution is 2.24. The van der Waals surface area contributed by atoms with E-state index in [1.165, 1.54) is 0 Å². The quantitative estimate of drug-likeness (QED) is 0.446. The lowest BCUT2D eigenvalue weighted by Gasteiger charge is -2.36. The van der Waals surface area contributed by atoms with Crippen LogP contribution in [0.25, 0.3) is 0 Å². The van der Waals surface area contributed by atoms with E-state index in [0.29, 0.717) is 37.7 Å². The largest absolute Gasteiger partial charge is 0.492 e. The Hall–Kier alpha value is -3.50. The van der Waals surface area contributed by atoms with Gasteiger partial charge in [-0.15, -0.1) is 0 Å². The zero-order valence-electron chi connectivity index (χ0n) is 21.4. The second-order valence-electron chi connectivity index (χ2n) is 9.04. The van der Waals surface area contributed by atoms with E-state index in [1.807, 2.05) is 43.3 Å². The van der Waals surface area contributed by atoms with Gasteiger partial charge in [-0.2, -0.15) is 0 Å². The summed E-state index contributed by atoms with van der Waals surface area (Å²) in [6.07, 6.45) is 1.67. The Bertz CT molecular complexity index is 1020. The van der Waals surface area contributed by atoms with Crippen molar-refractivity contribution in [1.82, 2.24) is 10.2 Å². The number of para-hydroxylation sites is 2. The van der Waals surface area contributed by atoms with Gasteiger partial charge in [-0.25, -0.2) is 9.59 Å². The number of carbonyl (C=O) groups is 2. The average molecular weight is 512 g/mol. The minimum Gasteiger partial charge on any atom is -0.492 e. The van der Waals surface area contributed by atoms with Gasteiger partial charge < -0.3 is 29.7 Å². The molecule has 2 aliphatic heterocycles. The zero-order chi connectivity index (χ0) is 25.9. The maximum atomic E-state index is 12.3. The molecule has 0 bridgehead atoms. The molecule has 0 saturated carbocycles. The van der Waals surface area contributed by atoms with Gasteiger partial charge in [-0.3, -0.25) is 10.2 Å². The molecule has 10 heteroatoms. The van der Waals surface area contributed by atoms with Gasteiger partial charge in [0.25, 0.3) is 0 Å². The molecule has 2 saturated heterocycles. The smallest absolute Gasteiger partial charge is 0.411 e. The summed E-state index contributed by atoms with van der Waals surface area (Å²) in [7, 11) is 0. The summed E-state index contributed by atoms with van der Waals surface area (Å²) in [5.74, 6) is 0.622. The number of amides is 3. The van der Waals surface area contributed by atoms with Gasteiger partial charge in [0, 0.05) is 57.3 Å². The number of nitrogens with zero attached hydrogens (tertiary/aromatic N) is 2. The first kappa shape index (κ1) is 26.6. The van der Waals surface area contributed by atoms with Crippen molar-refractivity contribution < 1.29 is 23.8 Å². The lowest BCUT2D eigenvalue weighted by molar-refractivity contribution is 0.112. The number of benzene rings is 2. The maximum Gasteiger partial charge on any atom is 0.411 e. The third-order valence-corrected chi connectivity index (χ3v) is 6.42. The summed E-state index contributed by atoms with van der Waals surface area (Å²) in [6.45, 7) is 8.11. The van der Waals surface area contributed by atoms with Crippen LogP contribution in [0.1, 0.15) is 19.8 Å². The van der Waals surface area contributed by atoms with Crippen LogP contribution in [0.2, 0.25) is 0 Å². The maximum absolute atomic E-state index is 12.3. The molecule has 10 nitrogen and oxygen atoms in total. The number of piperazine rings is 1. The third kappa shape index (κ3) is 8.26. The number of urea groups is 1.